The van der Waals surface area contributed by atoms with Crippen LogP contribution in [-0.2, 0) is 9.59 Å². The lowest BCUT2D eigenvalue weighted by Crippen LogP contribution is -2.22. The Kier molecular flexibility index (Phi) is 6.50. The summed E-state index contributed by atoms with van der Waals surface area (Å²) in [6, 6.07) is 14.4. The molecule has 0 radical (unpaired) electrons. The maximum Gasteiger partial charge on any atom is 0.237 e. The molecule has 1 heterocycles. The Hall–Kier alpha value is -3.33. The summed E-state index contributed by atoms with van der Waals surface area (Å²) in [6.45, 7) is 3.23. The van der Waals surface area contributed by atoms with Gasteiger partial charge in [-0.05, 0) is 55.5 Å². The number of carbonyl (C=O) groups excluding carboxylic acids is 2. The van der Waals surface area contributed by atoms with Crippen molar-refractivity contribution in [2.45, 2.75) is 24.3 Å². The number of anilines is 2. The van der Waals surface area contributed by atoms with Crippen LogP contribution in [0.5, 0.6) is 5.75 Å². The Morgan fingerprint density at radius 1 is 1.03 bits per heavy atom. The summed E-state index contributed by atoms with van der Waals surface area (Å²) >= 11 is 1.26. The van der Waals surface area contributed by atoms with Gasteiger partial charge in [0.15, 0.2) is 5.82 Å². The van der Waals surface area contributed by atoms with Crippen LogP contribution < -0.4 is 15.4 Å². The van der Waals surface area contributed by atoms with Gasteiger partial charge in [-0.25, -0.2) is 4.98 Å². The summed E-state index contributed by atoms with van der Waals surface area (Å²) in [4.78, 5) is 27.9. The molecule has 3 rings (SSSR count). The molecular weight excluding hydrogens is 390 g/mol. The van der Waals surface area contributed by atoms with Gasteiger partial charge in [0.1, 0.15) is 5.75 Å². The van der Waals surface area contributed by atoms with Crippen molar-refractivity contribution in [3.8, 4) is 17.1 Å². The number of carbonyl (C=O) groups is 2. The molecule has 0 bridgehead atoms. The van der Waals surface area contributed by atoms with E-state index in [0.717, 1.165) is 11.3 Å². The van der Waals surface area contributed by atoms with Gasteiger partial charge in [-0.15, -0.1) is 5.10 Å². The molecule has 3 aromatic rings. The second-order valence-corrected chi connectivity index (χ2v) is 7.51. The SMILES string of the molecule is COc1ccc(-c2nc(S[C@H](C)C(=O)Nc3ccc(NC(C)=O)cc3)n[nH]2)cc1. The predicted octanol–water partition coefficient (Wildman–Crippen LogP) is 3.56. The smallest absolute Gasteiger partial charge is 0.237 e. The average molecular weight is 411 g/mol. The number of aromatic nitrogens is 3. The minimum Gasteiger partial charge on any atom is -0.497 e. The summed E-state index contributed by atoms with van der Waals surface area (Å²) in [6.07, 6.45) is 0. The van der Waals surface area contributed by atoms with Crippen LogP contribution >= 0.6 is 11.8 Å². The Morgan fingerprint density at radius 3 is 2.24 bits per heavy atom. The molecule has 29 heavy (non-hydrogen) atoms. The van der Waals surface area contributed by atoms with E-state index in [9.17, 15) is 9.59 Å². The lowest BCUT2D eigenvalue weighted by atomic mass is 10.2. The predicted molar refractivity (Wildman–Crippen MR) is 113 cm³/mol. The Morgan fingerprint density at radius 2 is 1.66 bits per heavy atom. The molecule has 3 N–H and O–H groups in total. The van der Waals surface area contributed by atoms with E-state index in [2.05, 4.69) is 25.8 Å². The van der Waals surface area contributed by atoms with E-state index in [4.69, 9.17) is 4.74 Å². The lowest BCUT2D eigenvalue weighted by molar-refractivity contribution is -0.115. The fourth-order valence-corrected chi connectivity index (χ4v) is 3.20. The molecule has 0 unspecified atom stereocenters. The van der Waals surface area contributed by atoms with Crippen molar-refractivity contribution < 1.29 is 14.3 Å². The van der Waals surface area contributed by atoms with E-state index in [1.54, 1.807) is 38.3 Å². The fraction of sp³-hybridized carbons (Fsp3) is 0.200. The maximum absolute atomic E-state index is 12.4. The molecule has 2 aromatic carbocycles. The molecule has 0 aliphatic heterocycles. The number of nitrogens with one attached hydrogen (secondary N) is 3. The molecular formula is C20H21N5O3S. The van der Waals surface area contributed by atoms with Gasteiger partial charge in [0.25, 0.3) is 0 Å². The number of ether oxygens (including phenoxy) is 1. The van der Waals surface area contributed by atoms with Gasteiger partial charge in [0.2, 0.25) is 17.0 Å². The number of methoxy groups -OCH3 is 1. The van der Waals surface area contributed by atoms with E-state index < -0.39 is 5.25 Å². The number of hydrogen-bond donors (Lipinski definition) is 3. The number of nitrogens with zero attached hydrogens (tertiary/aromatic N) is 2. The third-order valence-corrected chi connectivity index (χ3v) is 4.91. The highest BCUT2D eigenvalue weighted by Crippen LogP contribution is 2.25. The highest BCUT2D eigenvalue weighted by atomic mass is 32.2. The van der Waals surface area contributed by atoms with Crippen molar-refractivity contribution in [1.82, 2.24) is 15.2 Å². The molecule has 1 aromatic heterocycles. The summed E-state index contributed by atoms with van der Waals surface area (Å²) in [5.41, 5.74) is 2.19. The summed E-state index contributed by atoms with van der Waals surface area (Å²) < 4.78 is 5.15. The molecule has 150 valence electrons. The van der Waals surface area contributed by atoms with Crippen molar-refractivity contribution in [3.63, 3.8) is 0 Å². The topological polar surface area (TPSA) is 109 Å². The van der Waals surface area contributed by atoms with Crippen LogP contribution in [0.3, 0.4) is 0 Å². The van der Waals surface area contributed by atoms with Gasteiger partial charge in [0.05, 0.1) is 12.4 Å². The fourth-order valence-electron chi connectivity index (χ4n) is 2.47. The third kappa shape index (κ3) is 5.58. The van der Waals surface area contributed by atoms with Gasteiger partial charge < -0.3 is 15.4 Å². The number of benzene rings is 2. The zero-order valence-corrected chi connectivity index (χ0v) is 17.0. The minimum absolute atomic E-state index is 0.146. The van der Waals surface area contributed by atoms with Crippen molar-refractivity contribution in [2.24, 2.45) is 0 Å². The first-order valence-electron chi connectivity index (χ1n) is 8.86. The van der Waals surface area contributed by atoms with Crippen LogP contribution in [0.1, 0.15) is 13.8 Å². The van der Waals surface area contributed by atoms with Gasteiger partial charge in [0, 0.05) is 23.9 Å². The van der Waals surface area contributed by atoms with Crippen molar-refractivity contribution in [2.75, 3.05) is 17.7 Å². The highest BCUT2D eigenvalue weighted by molar-refractivity contribution is 8.00. The first-order valence-corrected chi connectivity index (χ1v) is 9.74. The first kappa shape index (κ1) is 20.4. The second kappa shape index (κ2) is 9.24. The molecule has 2 amide bonds. The van der Waals surface area contributed by atoms with Gasteiger partial charge in [-0.1, -0.05) is 11.8 Å². The standard InChI is InChI=1S/C20H21N5O3S/c1-12(19(27)22-16-8-6-15(7-9-16)21-13(2)26)29-20-23-18(24-25-20)14-4-10-17(28-3)11-5-14/h4-12H,1-3H3,(H,21,26)(H,22,27)(H,23,24,25)/t12-/m1/s1. The Balaban J connectivity index is 1.58. The molecule has 8 nitrogen and oxygen atoms in total. The zero-order chi connectivity index (χ0) is 20.8. The van der Waals surface area contributed by atoms with Crippen LogP contribution in [0.25, 0.3) is 11.4 Å². The monoisotopic (exact) mass is 411 g/mol. The normalized spacial score (nSPS) is 11.6. The van der Waals surface area contributed by atoms with E-state index in [1.165, 1.54) is 18.7 Å². The lowest BCUT2D eigenvalue weighted by Gasteiger charge is -2.10. The number of H-pyrrole nitrogens is 1. The molecule has 9 heteroatoms. The van der Waals surface area contributed by atoms with Gasteiger partial charge in [-0.3, -0.25) is 14.7 Å². The first-order chi connectivity index (χ1) is 13.9. The van der Waals surface area contributed by atoms with Gasteiger partial charge in [-0.2, -0.15) is 0 Å². The van der Waals surface area contributed by atoms with E-state index in [0.29, 0.717) is 22.4 Å². The van der Waals surface area contributed by atoms with E-state index >= 15 is 0 Å². The summed E-state index contributed by atoms with van der Waals surface area (Å²) in [5.74, 6) is 1.07. The molecule has 1 atom stereocenters. The molecule has 0 saturated carbocycles. The Labute approximate surface area is 172 Å². The summed E-state index contributed by atoms with van der Waals surface area (Å²) in [5, 5.41) is 12.7. The third-order valence-electron chi connectivity index (χ3n) is 3.95. The maximum atomic E-state index is 12.4. The van der Waals surface area contributed by atoms with Gasteiger partial charge >= 0.3 is 0 Å². The van der Waals surface area contributed by atoms with Crippen LogP contribution in [0.2, 0.25) is 0 Å². The van der Waals surface area contributed by atoms with E-state index in [1.807, 2.05) is 24.3 Å². The molecule has 0 fully saturated rings. The quantitative estimate of drug-likeness (QED) is 0.513. The number of amides is 2. The molecule has 0 aliphatic carbocycles. The van der Waals surface area contributed by atoms with Crippen LogP contribution in [0, 0.1) is 0 Å². The molecule has 0 saturated heterocycles. The number of hydrogen-bond acceptors (Lipinski definition) is 6. The molecule has 0 aliphatic rings. The van der Waals surface area contributed by atoms with Crippen molar-refractivity contribution in [3.05, 3.63) is 48.5 Å². The van der Waals surface area contributed by atoms with Crippen molar-refractivity contribution in [1.29, 1.82) is 0 Å². The molecule has 0 spiro atoms. The van der Waals surface area contributed by atoms with Crippen LogP contribution in [-0.4, -0.2) is 39.4 Å². The number of thioether (sulfide) groups is 1. The Bertz CT molecular complexity index is 986. The van der Waals surface area contributed by atoms with Crippen molar-refractivity contribution >= 4 is 35.0 Å². The summed E-state index contributed by atoms with van der Waals surface area (Å²) in [7, 11) is 1.61. The number of rotatable bonds is 7. The largest absolute Gasteiger partial charge is 0.497 e. The zero-order valence-electron chi connectivity index (χ0n) is 16.2. The second-order valence-electron chi connectivity index (χ2n) is 6.20. The van der Waals surface area contributed by atoms with E-state index in [-0.39, 0.29) is 11.8 Å². The van der Waals surface area contributed by atoms with Crippen LogP contribution in [0.4, 0.5) is 11.4 Å². The van der Waals surface area contributed by atoms with Crippen LogP contribution in [0.15, 0.2) is 53.7 Å². The highest BCUT2D eigenvalue weighted by Gasteiger charge is 2.18. The average Bonchev–Trinajstić information content (AvgIpc) is 3.17. The minimum atomic E-state index is -0.399. The number of aromatic amines is 1.